The largest absolute Gasteiger partial charge is 0.371 e. The van der Waals surface area contributed by atoms with Crippen molar-refractivity contribution >= 4 is 11.7 Å². The summed E-state index contributed by atoms with van der Waals surface area (Å²) in [6, 6.07) is 1.54. The van der Waals surface area contributed by atoms with Gasteiger partial charge in [0.15, 0.2) is 0 Å². The van der Waals surface area contributed by atoms with Crippen LogP contribution in [0.2, 0.25) is 0 Å². The second-order valence-electron chi connectivity index (χ2n) is 5.78. The van der Waals surface area contributed by atoms with Gasteiger partial charge in [-0.25, -0.2) is 4.79 Å². The molecule has 0 aliphatic carbocycles. The zero-order valence-corrected chi connectivity index (χ0v) is 13.3. The fourth-order valence-corrected chi connectivity index (χ4v) is 2.77. The molecule has 2 aromatic rings. The first kappa shape index (κ1) is 15.5. The van der Waals surface area contributed by atoms with E-state index in [1.165, 1.54) is 0 Å². The third kappa shape index (κ3) is 3.68. The maximum Gasteiger partial charge on any atom is 0.319 e. The Balaban J connectivity index is 1.67. The third-order valence-corrected chi connectivity index (χ3v) is 3.98. The first-order valence-corrected chi connectivity index (χ1v) is 7.72. The highest BCUT2D eigenvalue weighted by molar-refractivity contribution is 5.90. The van der Waals surface area contributed by atoms with E-state index in [1.54, 1.807) is 23.3 Å². The van der Waals surface area contributed by atoms with E-state index in [9.17, 15) is 4.79 Å². The van der Waals surface area contributed by atoms with Crippen molar-refractivity contribution < 1.29 is 9.53 Å². The van der Waals surface area contributed by atoms with Crippen LogP contribution < -0.4 is 10.6 Å². The highest BCUT2D eigenvalue weighted by Crippen LogP contribution is 2.28. The van der Waals surface area contributed by atoms with Crippen LogP contribution in [0.3, 0.4) is 0 Å². The Morgan fingerprint density at radius 3 is 3.04 bits per heavy atom. The summed E-state index contributed by atoms with van der Waals surface area (Å²) < 4.78 is 7.60. The van der Waals surface area contributed by atoms with E-state index < -0.39 is 0 Å². The van der Waals surface area contributed by atoms with Gasteiger partial charge in [0.1, 0.15) is 6.10 Å². The van der Waals surface area contributed by atoms with Gasteiger partial charge in [-0.05, 0) is 31.4 Å². The van der Waals surface area contributed by atoms with Crippen molar-refractivity contribution in [2.24, 2.45) is 7.05 Å². The van der Waals surface area contributed by atoms with Gasteiger partial charge in [0.2, 0.25) is 0 Å². The lowest BCUT2D eigenvalue weighted by molar-refractivity contribution is -0.00700. The van der Waals surface area contributed by atoms with Crippen LogP contribution in [0.15, 0.2) is 30.9 Å². The molecular weight excluding hydrogens is 294 g/mol. The number of urea groups is 1. The van der Waals surface area contributed by atoms with Crippen molar-refractivity contribution in [3.63, 3.8) is 0 Å². The highest BCUT2D eigenvalue weighted by atomic mass is 16.5. The molecule has 0 bridgehead atoms. The topological polar surface area (TPSA) is 81.1 Å². The van der Waals surface area contributed by atoms with Gasteiger partial charge in [0, 0.05) is 31.6 Å². The summed E-state index contributed by atoms with van der Waals surface area (Å²) >= 11 is 0. The van der Waals surface area contributed by atoms with Crippen LogP contribution in [0.1, 0.15) is 30.1 Å². The smallest absolute Gasteiger partial charge is 0.319 e. The van der Waals surface area contributed by atoms with Gasteiger partial charge in [0.05, 0.1) is 24.1 Å². The summed E-state index contributed by atoms with van der Waals surface area (Å²) in [4.78, 5) is 16.3. The van der Waals surface area contributed by atoms with Gasteiger partial charge < -0.3 is 15.4 Å². The summed E-state index contributed by atoms with van der Waals surface area (Å²) in [6.07, 6.45) is 8.68. The molecule has 23 heavy (non-hydrogen) atoms. The Kier molecular flexibility index (Phi) is 4.57. The Morgan fingerprint density at radius 1 is 1.43 bits per heavy atom. The molecule has 3 heterocycles. The molecule has 122 valence electrons. The molecule has 0 spiro atoms. The fraction of sp³-hybridized carbons (Fsp3) is 0.438. The van der Waals surface area contributed by atoms with Gasteiger partial charge >= 0.3 is 6.03 Å². The maximum absolute atomic E-state index is 12.3. The fourth-order valence-electron chi connectivity index (χ4n) is 2.77. The molecule has 3 rings (SSSR count). The normalized spacial score (nSPS) is 21.0. The van der Waals surface area contributed by atoms with Gasteiger partial charge in [-0.1, -0.05) is 0 Å². The molecule has 1 saturated heterocycles. The number of rotatable bonds is 3. The number of anilines is 1. The van der Waals surface area contributed by atoms with Gasteiger partial charge in [-0.2, -0.15) is 5.10 Å². The number of aromatic nitrogens is 3. The Morgan fingerprint density at radius 2 is 2.30 bits per heavy atom. The molecule has 1 aliphatic rings. The Bertz CT molecular complexity index is 685. The van der Waals surface area contributed by atoms with Crippen LogP contribution in [0.5, 0.6) is 0 Å². The SMILES string of the molecule is Cc1ccncc1NC(=O)N[C@H]1CCCO[C@@H]1c1cnn(C)c1. The van der Waals surface area contributed by atoms with E-state index in [0.717, 1.165) is 24.0 Å². The molecule has 2 N–H and O–H groups in total. The molecule has 0 aromatic carbocycles. The third-order valence-electron chi connectivity index (χ3n) is 3.98. The van der Waals surface area contributed by atoms with Crippen molar-refractivity contribution in [1.82, 2.24) is 20.1 Å². The second-order valence-corrected chi connectivity index (χ2v) is 5.78. The number of ether oxygens (including phenoxy) is 1. The molecule has 7 heteroatoms. The lowest BCUT2D eigenvalue weighted by atomic mass is 9.98. The van der Waals surface area contributed by atoms with Crippen LogP contribution in [0, 0.1) is 6.92 Å². The summed E-state index contributed by atoms with van der Waals surface area (Å²) in [5.41, 5.74) is 2.66. The zero-order chi connectivity index (χ0) is 16.2. The van der Waals surface area contributed by atoms with E-state index in [-0.39, 0.29) is 18.2 Å². The van der Waals surface area contributed by atoms with Crippen molar-refractivity contribution in [3.8, 4) is 0 Å². The number of pyridine rings is 1. The van der Waals surface area contributed by atoms with Crippen LogP contribution in [0.25, 0.3) is 0 Å². The summed E-state index contributed by atoms with van der Waals surface area (Å²) in [5, 5.41) is 10.0. The van der Waals surface area contributed by atoms with E-state index in [2.05, 4.69) is 20.7 Å². The van der Waals surface area contributed by atoms with Crippen LogP contribution in [0.4, 0.5) is 10.5 Å². The van der Waals surface area contributed by atoms with Crippen LogP contribution >= 0.6 is 0 Å². The van der Waals surface area contributed by atoms with Crippen molar-refractivity contribution in [2.75, 3.05) is 11.9 Å². The molecule has 2 aromatic heterocycles. The number of hydrogen-bond donors (Lipinski definition) is 2. The predicted molar refractivity (Wildman–Crippen MR) is 86.1 cm³/mol. The number of carbonyl (C=O) groups is 1. The Labute approximate surface area is 135 Å². The number of aryl methyl sites for hydroxylation is 2. The molecule has 1 fully saturated rings. The first-order valence-electron chi connectivity index (χ1n) is 7.72. The minimum absolute atomic E-state index is 0.0788. The number of nitrogens with one attached hydrogen (secondary N) is 2. The molecule has 0 unspecified atom stereocenters. The quantitative estimate of drug-likeness (QED) is 0.909. The summed E-state index contributed by atoms with van der Waals surface area (Å²) in [5.74, 6) is 0. The lowest BCUT2D eigenvalue weighted by Crippen LogP contribution is -2.44. The van der Waals surface area contributed by atoms with Crippen molar-refractivity contribution in [2.45, 2.75) is 31.9 Å². The Hall–Kier alpha value is -2.41. The first-order chi connectivity index (χ1) is 11.1. The van der Waals surface area contributed by atoms with Crippen molar-refractivity contribution in [3.05, 3.63) is 42.0 Å². The predicted octanol–water partition coefficient (Wildman–Crippen LogP) is 2.17. The van der Waals surface area contributed by atoms with Gasteiger partial charge in [-0.15, -0.1) is 0 Å². The molecule has 0 saturated carbocycles. The number of nitrogens with zero attached hydrogens (tertiary/aromatic N) is 3. The summed E-state index contributed by atoms with van der Waals surface area (Å²) in [7, 11) is 1.87. The minimum Gasteiger partial charge on any atom is -0.371 e. The number of amides is 2. The van der Waals surface area contributed by atoms with Crippen LogP contribution in [-0.2, 0) is 11.8 Å². The number of hydrogen-bond acceptors (Lipinski definition) is 4. The van der Waals surface area contributed by atoms with Crippen LogP contribution in [-0.4, -0.2) is 33.4 Å². The molecule has 1 aliphatic heterocycles. The van der Waals surface area contributed by atoms with E-state index in [4.69, 9.17) is 4.74 Å². The van der Waals surface area contributed by atoms with E-state index in [0.29, 0.717) is 12.3 Å². The zero-order valence-electron chi connectivity index (χ0n) is 13.3. The molecule has 2 atom stereocenters. The minimum atomic E-state index is -0.245. The lowest BCUT2D eigenvalue weighted by Gasteiger charge is -2.31. The second kappa shape index (κ2) is 6.78. The van der Waals surface area contributed by atoms with Gasteiger partial charge in [0.25, 0.3) is 0 Å². The van der Waals surface area contributed by atoms with Crippen molar-refractivity contribution in [1.29, 1.82) is 0 Å². The van der Waals surface area contributed by atoms with E-state index in [1.807, 2.05) is 26.2 Å². The van der Waals surface area contributed by atoms with E-state index >= 15 is 0 Å². The average molecular weight is 315 g/mol. The standard InChI is InChI=1S/C16H21N5O2/c1-11-5-6-17-9-14(11)20-16(22)19-13-4-3-7-23-15(13)12-8-18-21(2)10-12/h5-6,8-10,13,15H,3-4,7H2,1-2H3,(H2,19,20,22)/t13-,15+/m0/s1. The maximum atomic E-state index is 12.3. The highest BCUT2D eigenvalue weighted by Gasteiger charge is 2.29. The molecular formula is C16H21N5O2. The summed E-state index contributed by atoms with van der Waals surface area (Å²) in [6.45, 7) is 2.63. The average Bonchev–Trinajstić information content (AvgIpc) is 2.96. The molecule has 7 nitrogen and oxygen atoms in total. The van der Waals surface area contributed by atoms with Gasteiger partial charge in [-0.3, -0.25) is 9.67 Å². The molecule has 0 radical (unpaired) electrons. The monoisotopic (exact) mass is 315 g/mol. The molecule has 2 amide bonds. The number of carbonyl (C=O) groups excluding carboxylic acids is 1.